The Morgan fingerprint density at radius 3 is 2.35 bits per heavy atom. The van der Waals surface area contributed by atoms with E-state index in [1.165, 1.54) is 12.1 Å². The first-order valence-corrected chi connectivity index (χ1v) is 7.25. The van der Waals surface area contributed by atoms with Crippen LogP contribution in [0.2, 0.25) is 0 Å². The van der Waals surface area contributed by atoms with E-state index in [0.29, 0.717) is 13.2 Å². The molecule has 1 aliphatic carbocycles. The van der Waals surface area contributed by atoms with Crippen molar-refractivity contribution in [2.24, 2.45) is 5.41 Å². The zero-order valence-electron chi connectivity index (χ0n) is 12.1. The molecule has 20 heavy (non-hydrogen) atoms. The highest BCUT2D eigenvalue weighted by Crippen LogP contribution is 2.44. The first kappa shape index (κ1) is 13.8. The number of ether oxygens (including phenoxy) is 2. The van der Waals surface area contributed by atoms with Gasteiger partial charge in [-0.1, -0.05) is 32.1 Å². The van der Waals surface area contributed by atoms with Crippen molar-refractivity contribution in [1.29, 1.82) is 0 Å². The second-order valence-corrected chi connectivity index (χ2v) is 6.51. The van der Waals surface area contributed by atoms with Crippen LogP contribution in [0.1, 0.15) is 38.7 Å². The monoisotopic (exact) mass is 276 g/mol. The van der Waals surface area contributed by atoms with Gasteiger partial charge in [0.15, 0.2) is 5.79 Å². The topological polar surface area (TPSA) is 18.5 Å². The Hall–Kier alpha value is -1.19. The van der Waals surface area contributed by atoms with Crippen LogP contribution in [0.3, 0.4) is 0 Å². The van der Waals surface area contributed by atoms with Gasteiger partial charge in [-0.2, -0.15) is 0 Å². The number of halogens is 1. The second-order valence-electron chi connectivity index (χ2n) is 6.51. The van der Waals surface area contributed by atoms with Crippen LogP contribution in [-0.4, -0.2) is 19.0 Å². The van der Waals surface area contributed by atoms with E-state index in [2.05, 4.69) is 19.9 Å². The summed E-state index contributed by atoms with van der Waals surface area (Å²) in [5.74, 6) is -0.850. The summed E-state index contributed by atoms with van der Waals surface area (Å²) < 4.78 is 25.4. The third-order valence-electron chi connectivity index (χ3n) is 4.02. The quantitative estimate of drug-likeness (QED) is 0.766. The van der Waals surface area contributed by atoms with Gasteiger partial charge in [0, 0.05) is 17.4 Å². The van der Waals surface area contributed by atoms with E-state index in [1.54, 1.807) is 12.1 Å². The van der Waals surface area contributed by atoms with E-state index < -0.39 is 5.79 Å². The largest absolute Gasteiger partial charge is 0.345 e. The molecule has 1 spiro atoms. The maximum absolute atomic E-state index is 13.1. The molecule has 1 fully saturated rings. The summed E-state index contributed by atoms with van der Waals surface area (Å²) in [5.41, 5.74) is 2.10. The molecule has 1 aliphatic heterocycles. The van der Waals surface area contributed by atoms with Crippen LogP contribution in [0, 0.1) is 11.2 Å². The zero-order chi connectivity index (χ0) is 14.2. The number of allylic oxidation sites excluding steroid dienone is 1. The van der Waals surface area contributed by atoms with Crippen molar-refractivity contribution in [2.75, 3.05) is 13.2 Å². The molecular weight excluding hydrogens is 255 g/mol. The Bertz CT molecular complexity index is 506. The molecule has 0 unspecified atom stereocenters. The molecule has 108 valence electrons. The van der Waals surface area contributed by atoms with Crippen molar-refractivity contribution >= 4 is 5.57 Å². The Morgan fingerprint density at radius 2 is 1.70 bits per heavy atom. The van der Waals surface area contributed by atoms with E-state index in [4.69, 9.17) is 9.47 Å². The van der Waals surface area contributed by atoms with Crippen LogP contribution in [0.25, 0.3) is 5.57 Å². The highest BCUT2D eigenvalue weighted by molar-refractivity contribution is 5.71. The van der Waals surface area contributed by atoms with Crippen LogP contribution in [0.15, 0.2) is 30.3 Å². The number of hydrogen-bond donors (Lipinski definition) is 0. The van der Waals surface area contributed by atoms with Crippen molar-refractivity contribution in [3.63, 3.8) is 0 Å². The predicted molar refractivity (Wildman–Crippen MR) is 76.6 cm³/mol. The minimum absolute atomic E-state index is 0.0522. The molecule has 1 heterocycles. The van der Waals surface area contributed by atoms with E-state index in [1.807, 2.05) is 0 Å². The van der Waals surface area contributed by atoms with Crippen LogP contribution >= 0.6 is 0 Å². The summed E-state index contributed by atoms with van der Waals surface area (Å²) in [6, 6.07) is 6.60. The molecule has 0 atom stereocenters. The van der Waals surface area contributed by atoms with Crippen molar-refractivity contribution in [3.8, 4) is 0 Å². The summed E-state index contributed by atoms with van der Waals surface area (Å²) in [6.45, 7) is 5.66. The molecule has 3 heteroatoms. The SMILES string of the molecule is CC1(C)COC2(CCCC=C2c2ccc(F)cc2)OC1. The van der Waals surface area contributed by atoms with Crippen molar-refractivity contribution < 1.29 is 13.9 Å². The van der Waals surface area contributed by atoms with Gasteiger partial charge in [-0.15, -0.1) is 0 Å². The van der Waals surface area contributed by atoms with Crippen molar-refractivity contribution in [3.05, 3.63) is 41.7 Å². The van der Waals surface area contributed by atoms with Crippen LogP contribution in [-0.2, 0) is 9.47 Å². The summed E-state index contributed by atoms with van der Waals surface area (Å²) in [5, 5.41) is 0. The minimum Gasteiger partial charge on any atom is -0.345 e. The lowest BCUT2D eigenvalue weighted by molar-refractivity contribution is -0.269. The number of benzene rings is 1. The first-order valence-electron chi connectivity index (χ1n) is 7.25. The third-order valence-corrected chi connectivity index (χ3v) is 4.02. The standard InChI is InChI=1S/C17H21FO2/c1-16(2)11-19-17(20-12-16)10-4-3-5-15(17)13-6-8-14(18)9-7-13/h5-9H,3-4,10-12H2,1-2H3. The van der Waals surface area contributed by atoms with Gasteiger partial charge in [-0.25, -0.2) is 4.39 Å². The Kier molecular flexibility index (Phi) is 3.43. The average Bonchev–Trinajstić information content (AvgIpc) is 2.44. The van der Waals surface area contributed by atoms with Gasteiger partial charge in [0.25, 0.3) is 0 Å². The molecule has 0 amide bonds. The predicted octanol–water partition coefficient (Wildman–Crippen LogP) is 4.16. The molecule has 1 aromatic carbocycles. The van der Waals surface area contributed by atoms with Gasteiger partial charge >= 0.3 is 0 Å². The average molecular weight is 276 g/mol. The lowest BCUT2D eigenvalue weighted by atomic mass is 9.85. The van der Waals surface area contributed by atoms with E-state index in [9.17, 15) is 4.39 Å². The summed E-state index contributed by atoms with van der Waals surface area (Å²) in [4.78, 5) is 0. The first-order chi connectivity index (χ1) is 9.51. The normalized spacial score (nSPS) is 24.4. The maximum atomic E-state index is 13.1. The fraction of sp³-hybridized carbons (Fsp3) is 0.529. The van der Waals surface area contributed by atoms with Gasteiger partial charge in [0.2, 0.25) is 0 Å². The highest BCUT2D eigenvalue weighted by atomic mass is 19.1. The van der Waals surface area contributed by atoms with Gasteiger partial charge in [-0.3, -0.25) is 0 Å². The molecule has 0 N–H and O–H groups in total. The van der Waals surface area contributed by atoms with Crippen LogP contribution in [0.5, 0.6) is 0 Å². The molecule has 2 aliphatic rings. The number of hydrogen-bond acceptors (Lipinski definition) is 2. The molecule has 0 bridgehead atoms. The highest BCUT2D eigenvalue weighted by Gasteiger charge is 2.44. The summed E-state index contributed by atoms with van der Waals surface area (Å²) >= 11 is 0. The molecule has 3 rings (SSSR count). The zero-order valence-corrected chi connectivity index (χ0v) is 12.1. The lowest BCUT2D eigenvalue weighted by Crippen LogP contribution is -2.49. The molecular formula is C17H21FO2. The molecule has 0 saturated carbocycles. The molecule has 0 aromatic heterocycles. The Morgan fingerprint density at radius 1 is 1.05 bits per heavy atom. The fourth-order valence-electron chi connectivity index (χ4n) is 2.85. The maximum Gasteiger partial charge on any atom is 0.195 e. The Balaban J connectivity index is 1.92. The summed E-state index contributed by atoms with van der Waals surface area (Å²) in [7, 11) is 0. The smallest absolute Gasteiger partial charge is 0.195 e. The molecule has 1 saturated heterocycles. The van der Waals surface area contributed by atoms with E-state index in [0.717, 1.165) is 30.4 Å². The van der Waals surface area contributed by atoms with Crippen LogP contribution in [0.4, 0.5) is 4.39 Å². The lowest BCUT2D eigenvalue weighted by Gasteiger charge is -2.46. The van der Waals surface area contributed by atoms with E-state index in [-0.39, 0.29) is 11.2 Å². The molecule has 1 aromatic rings. The van der Waals surface area contributed by atoms with Gasteiger partial charge in [-0.05, 0) is 30.5 Å². The van der Waals surface area contributed by atoms with Crippen molar-refractivity contribution in [1.82, 2.24) is 0 Å². The molecule has 0 radical (unpaired) electrons. The van der Waals surface area contributed by atoms with Gasteiger partial charge in [0.1, 0.15) is 5.82 Å². The minimum atomic E-state index is -0.633. The molecule has 2 nitrogen and oxygen atoms in total. The fourth-order valence-corrected chi connectivity index (χ4v) is 2.85. The van der Waals surface area contributed by atoms with Crippen LogP contribution < -0.4 is 0 Å². The Labute approximate surface area is 119 Å². The summed E-state index contributed by atoms with van der Waals surface area (Å²) in [6.07, 6.45) is 5.12. The number of rotatable bonds is 1. The van der Waals surface area contributed by atoms with E-state index >= 15 is 0 Å². The van der Waals surface area contributed by atoms with Gasteiger partial charge in [0.05, 0.1) is 13.2 Å². The van der Waals surface area contributed by atoms with Gasteiger partial charge < -0.3 is 9.47 Å². The van der Waals surface area contributed by atoms with Crippen molar-refractivity contribution in [2.45, 2.75) is 38.9 Å². The second kappa shape index (κ2) is 4.97. The third kappa shape index (κ3) is 2.52.